The van der Waals surface area contributed by atoms with Gasteiger partial charge in [-0.05, 0) is 44.1 Å². The van der Waals surface area contributed by atoms with Gasteiger partial charge >= 0.3 is 0 Å². The van der Waals surface area contributed by atoms with Gasteiger partial charge in [-0.1, -0.05) is 6.07 Å². The summed E-state index contributed by atoms with van der Waals surface area (Å²) in [6.07, 6.45) is 3.62. The Morgan fingerprint density at radius 1 is 1.10 bits per heavy atom. The number of piperidine rings is 1. The molecule has 3 nitrogen and oxygen atoms in total. The average Bonchev–Trinajstić information content (AvgIpc) is 2.51. The van der Waals surface area contributed by atoms with Crippen molar-refractivity contribution in [1.82, 2.24) is 15.3 Å². The summed E-state index contributed by atoms with van der Waals surface area (Å²) in [6.45, 7) is 1.91. The van der Waals surface area contributed by atoms with Crippen molar-refractivity contribution in [2.45, 2.75) is 18.8 Å². The minimum atomic E-state index is -0.894. The van der Waals surface area contributed by atoms with Crippen molar-refractivity contribution in [3.63, 3.8) is 0 Å². The summed E-state index contributed by atoms with van der Waals surface area (Å²) in [6, 6.07) is 5.92. The Kier molecular flexibility index (Phi) is 3.69. The highest BCUT2D eigenvalue weighted by Gasteiger charge is 2.18. The van der Waals surface area contributed by atoms with Crippen molar-refractivity contribution in [3.8, 4) is 11.4 Å². The Hall–Kier alpha value is -1.88. The van der Waals surface area contributed by atoms with Crippen LogP contribution in [0, 0.1) is 11.6 Å². The molecule has 0 saturated carbocycles. The Balaban J connectivity index is 1.96. The molecule has 1 fully saturated rings. The summed E-state index contributed by atoms with van der Waals surface area (Å²) in [5.41, 5.74) is 1.01. The van der Waals surface area contributed by atoms with Crippen LogP contribution < -0.4 is 5.32 Å². The molecule has 3 rings (SSSR count). The predicted octanol–water partition coefficient (Wildman–Crippen LogP) is 2.89. The zero-order valence-corrected chi connectivity index (χ0v) is 10.9. The summed E-state index contributed by atoms with van der Waals surface area (Å²) in [5.74, 6) is -1.17. The van der Waals surface area contributed by atoms with Gasteiger partial charge in [0.2, 0.25) is 0 Å². The van der Waals surface area contributed by atoms with Crippen molar-refractivity contribution in [1.29, 1.82) is 0 Å². The van der Waals surface area contributed by atoms with Crippen LogP contribution in [0.2, 0.25) is 0 Å². The SMILES string of the molecule is Fc1cccc(-c2nccc(C3CCNCC3)n2)c1F. The molecule has 1 aromatic heterocycles. The fraction of sp³-hybridized carbons (Fsp3) is 0.333. The van der Waals surface area contributed by atoms with Gasteiger partial charge in [-0.25, -0.2) is 18.7 Å². The van der Waals surface area contributed by atoms with E-state index in [0.29, 0.717) is 5.92 Å². The molecule has 0 spiro atoms. The topological polar surface area (TPSA) is 37.8 Å². The molecule has 0 atom stereocenters. The summed E-state index contributed by atoms with van der Waals surface area (Å²) >= 11 is 0. The lowest BCUT2D eigenvalue weighted by Crippen LogP contribution is -2.27. The van der Waals surface area contributed by atoms with Crippen molar-refractivity contribution in [3.05, 3.63) is 47.8 Å². The van der Waals surface area contributed by atoms with Crippen LogP contribution in [0.25, 0.3) is 11.4 Å². The minimum Gasteiger partial charge on any atom is -0.317 e. The molecule has 2 aromatic rings. The number of nitrogens with zero attached hydrogens (tertiary/aromatic N) is 2. The van der Waals surface area contributed by atoms with Crippen LogP contribution in [-0.4, -0.2) is 23.1 Å². The highest BCUT2D eigenvalue weighted by atomic mass is 19.2. The third-order valence-corrected chi connectivity index (χ3v) is 3.63. The first-order chi connectivity index (χ1) is 9.75. The van der Waals surface area contributed by atoms with Gasteiger partial charge in [0.15, 0.2) is 17.5 Å². The van der Waals surface area contributed by atoms with Crippen LogP contribution in [0.15, 0.2) is 30.5 Å². The van der Waals surface area contributed by atoms with Crippen molar-refractivity contribution < 1.29 is 8.78 Å². The molecule has 1 saturated heterocycles. The fourth-order valence-corrected chi connectivity index (χ4v) is 2.52. The normalized spacial score (nSPS) is 16.3. The molecular weight excluding hydrogens is 260 g/mol. The van der Waals surface area contributed by atoms with Crippen LogP contribution in [0.1, 0.15) is 24.5 Å². The molecule has 0 radical (unpaired) electrons. The largest absolute Gasteiger partial charge is 0.317 e. The van der Waals surface area contributed by atoms with Crippen LogP contribution in [0.5, 0.6) is 0 Å². The molecule has 20 heavy (non-hydrogen) atoms. The van der Waals surface area contributed by atoms with E-state index in [0.717, 1.165) is 37.7 Å². The maximum absolute atomic E-state index is 13.8. The van der Waals surface area contributed by atoms with Crippen LogP contribution >= 0.6 is 0 Å². The number of aromatic nitrogens is 2. The van der Waals surface area contributed by atoms with E-state index in [1.165, 1.54) is 12.1 Å². The molecule has 0 unspecified atom stereocenters. The van der Waals surface area contributed by atoms with E-state index < -0.39 is 11.6 Å². The third kappa shape index (κ3) is 2.54. The van der Waals surface area contributed by atoms with Crippen molar-refractivity contribution >= 4 is 0 Å². The predicted molar refractivity (Wildman–Crippen MR) is 72.2 cm³/mol. The minimum absolute atomic E-state index is 0.112. The van der Waals surface area contributed by atoms with E-state index in [1.54, 1.807) is 6.20 Å². The molecule has 1 aromatic carbocycles. The summed E-state index contributed by atoms with van der Waals surface area (Å²) in [5, 5.41) is 3.29. The van der Waals surface area contributed by atoms with Gasteiger partial charge in [-0.15, -0.1) is 0 Å². The molecule has 2 heterocycles. The molecule has 5 heteroatoms. The van der Waals surface area contributed by atoms with Crippen molar-refractivity contribution in [2.24, 2.45) is 0 Å². The molecule has 0 bridgehead atoms. The van der Waals surface area contributed by atoms with Gasteiger partial charge in [0.1, 0.15) is 0 Å². The fourth-order valence-electron chi connectivity index (χ4n) is 2.52. The van der Waals surface area contributed by atoms with Crippen LogP contribution in [0.4, 0.5) is 8.78 Å². The molecule has 1 aliphatic rings. The number of hydrogen-bond acceptors (Lipinski definition) is 3. The average molecular weight is 275 g/mol. The Bertz CT molecular complexity index is 610. The van der Waals surface area contributed by atoms with E-state index in [4.69, 9.17) is 0 Å². The molecular formula is C15H15F2N3. The van der Waals surface area contributed by atoms with E-state index >= 15 is 0 Å². The zero-order chi connectivity index (χ0) is 13.9. The monoisotopic (exact) mass is 275 g/mol. The summed E-state index contributed by atoms with van der Waals surface area (Å²) in [4.78, 5) is 8.50. The first-order valence-electron chi connectivity index (χ1n) is 6.74. The molecule has 0 aliphatic carbocycles. The van der Waals surface area contributed by atoms with E-state index in [2.05, 4.69) is 15.3 Å². The first kappa shape index (κ1) is 13.1. The van der Waals surface area contributed by atoms with E-state index in [1.807, 2.05) is 6.07 Å². The number of nitrogens with one attached hydrogen (secondary N) is 1. The number of halogens is 2. The Morgan fingerprint density at radius 2 is 1.90 bits per heavy atom. The first-order valence-corrected chi connectivity index (χ1v) is 6.74. The van der Waals surface area contributed by atoms with Gasteiger partial charge < -0.3 is 5.32 Å². The van der Waals surface area contributed by atoms with Gasteiger partial charge in [0.05, 0.1) is 5.56 Å². The summed E-state index contributed by atoms with van der Waals surface area (Å²) in [7, 11) is 0. The molecule has 0 amide bonds. The number of hydrogen-bond donors (Lipinski definition) is 1. The lowest BCUT2D eigenvalue weighted by atomic mass is 9.94. The standard InChI is InChI=1S/C15H15F2N3/c16-12-3-1-2-11(14(12)17)15-19-9-6-13(20-15)10-4-7-18-8-5-10/h1-3,6,9-10,18H,4-5,7-8H2. The van der Waals surface area contributed by atoms with Crippen molar-refractivity contribution in [2.75, 3.05) is 13.1 Å². The maximum Gasteiger partial charge on any atom is 0.169 e. The Labute approximate surface area is 116 Å². The van der Waals surface area contributed by atoms with E-state index in [-0.39, 0.29) is 11.4 Å². The van der Waals surface area contributed by atoms with Crippen LogP contribution in [-0.2, 0) is 0 Å². The van der Waals surface area contributed by atoms with Gasteiger partial charge in [-0.3, -0.25) is 0 Å². The highest BCUT2D eigenvalue weighted by Crippen LogP contribution is 2.26. The smallest absolute Gasteiger partial charge is 0.169 e. The summed E-state index contributed by atoms with van der Waals surface area (Å²) < 4.78 is 27.1. The zero-order valence-electron chi connectivity index (χ0n) is 10.9. The molecule has 1 N–H and O–H groups in total. The van der Waals surface area contributed by atoms with Gasteiger partial charge in [-0.2, -0.15) is 0 Å². The number of rotatable bonds is 2. The molecule has 104 valence electrons. The second kappa shape index (κ2) is 5.63. The van der Waals surface area contributed by atoms with E-state index in [9.17, 15) is 8.78 Å². The Morgan fingerprint density at radius 3 is 2.70 bits per heavy atom. The lowest BCUT2D eigenvalue weighted by Gasteiger charge is -2.22. The number of benzene rings is 1. The second-order valence-electron chi connectivity index (χ2n) is 4.93. The quantitative estimate of drug-likeness (QED) is 0.915. The second-order valence-corrected chi connectivity index (χ2v) is 4.93. The third-order valence-electron chi connectivity index (χ3n) is 3.63. The maximum atomic E-state index is 13.8. The lowest BCUT2D eigenvalue weighted by molar-refractivity contribution is 0.453. The van der Waals surface area contributed by atoms with Gasteiger partial charge in [0, 0.05) is 17.8 Å². The highest BCUT2D eigenvalue weighted by molar-refractivity contribution is 5.55. The van der Waals surface area contributed by atoms with Crippen LogP contribution in [0.3, 0.4) is 0 Å². The van der Waals surface area contributed by atoms with Gasteiger partial charge in [0.25, 0.3) is 0 Å². The molecule has 1 aliphatic heterocycles.